The van der Waals surface area contributed by atoms with Crippen LogP contribution >= 0.6 is 0 Å². The van der Waals surface area contributed by atoms with Crippen LogP contribution in [0.25, 0.3) is 23.0 Å². The third-order valence-electron chi connectivity index (χ3n) is 2.30. The van der Waals surface area contributed by atoms with Crippen molar-refractivity contribution >= 4 is 5.82 Å². The second-order valence-corrected chi connectivity index (χ2v) is 3.48. The lowest BCUT2D eigenvalue weighted by atomic mass is 10.3. The highest BCUT2D eigenvalue weighted by molar-refractivity contribution is 5.57. The lowest BCUT2D eigenvalue weighted by Gasteiger charge is -1.93. The van der Waals surface area contributed by atoms with Crippen LogP contribution in [-0.2, 0) is 0 Å². The molecule has 17 heavy (non-hydrogen) atoms. The molecular weight excluding hydrogens is 218 g/mol. The zero-order valence-electron chi connectivity index (χ0n) is 8.79. The van der Waals surface area contributed by atoms with Gasteiger partial charge in [0, 0.05) is 12.4 Å². The Morgan fingerprint density at radius 1 is 1.24 bits per heavy atom. The van der Waals surface area contributed by atoms with Crippen molar-refractivity contribution in [3.63, 3.8) is 0 Å². The average molecular weight is 227 g/mol. The molecule has 0 unspecified atom stereocenters. The number of pyridine rings is 1. The zero-order chi connectivity index (χ0) is 11.7. The summed E-state index contributed by atoms with van der Waals surface area (Å²) in [5.74, 6) is 1.39. The number of hydrogen-bond acceptors (Lipinski definition) is 5. The predicted octanol–water partition coefficient (Wildman–Crippen LogP) is 1.71. The Kier molecular flexibility index (Phi) is 2.11. The molecule has 3 heterocycles. The van der Waals surface area contributed by atoms with Crippen molar-refractivity contribution in [3.05, 3.63) is 36.7 Å². The molecule has 0 atom stereocenters. The van der Waals surface area contributed by atoms with Gasteiger partial charge in [0.2, 0.25) is 5.82 Å². The van der Waals surface area contributed by atoms with Gasteiger partial charge in [-0.05, 0) is 24.3 Å². The number of aromatic amines is 1. The van der Waals surface area contributed by atoms with Gasteiger partial charge in [0.25, 0.3) is 5.89 Å². The van der Waals surface area contributed by atoms with E-state index in [0.717, 1.165) is 11.3 Å². The van der Waals surface area contributed by atoms with Gasteiger partial charge >= 0.3 is 0 Å². The number of nitrogens with zero attached hydrogens (tertiary/aromatic N) is 3. The van der Waals surface area contributed by atoms with Gasteiger partial charge in [-0.2, -0.15) is 4.98 Å². The minimum atomic E-state index is 0.419. The summed E-state index contributed by atoms with van der Waals surface area (Å²) in [7, 11) is 0. The number of nitrogen functional groups attached to an aromatic ring is 1. The van der Waals surface area contributed by atoms with E-state index in [2.05, 4.69) is 20.1 Å². The second-order valence-electron chi connectivity index (χ2n) is 3.48. The van der Waals surface area contributed by atoms with Crippen molar-refractivity contribution in [2.24, 2.45) is 0 Å². The maximum atomic E-state index is 5.50. The van der Waals surface area contributed by atoms with Crippen molar-refractivity contribution in [2.75, 3.05) is 5.73 Å². The number of nitrogens with one attached hydrogen (secondary N) is 1. The molecule has 84 valence electrons. The van der Waals surface area contributed by atoms with Crippen molar-refractivity contribution in [1.82, 2.24) is 20.1 Å². The average Bonchev–Trinajstić information content (AvgIpc) is 3.00. The Hall–Kier alpha value is -2.63. The number of H-pyrrole nitrogens is 1. The summed E-state index contributed by atoms with van der Waals surface area (Å²) in [6.45, 7) is 0. The van der Waals surface area contributed by atoms with Crippen LogP contribution in [0.3, 0.4) is 0 Å². The summed E-state index contributed by atoms with van der Waals surface area (Å²) in [5, 5.41) is 3.88. The van der Waals surface area contributed by atoms with Crippen LogP contribution in [0.4, 0.5) is 5.82 Å². The van der Waals surface area contributed by atoms with E-state index >= 15 is 0 Å². The minimum absolute atomic E-state index is 0.419. The summed E-state index contributed by atoms with van der Waals surface area (Å²) in [6, 6.07) is 7.22. The first-order chi connectivity index (χ1) is 8.33. The van der Waals surface area contributed by atoms with Crippen LogP contribution in [0.1, 0.15) is 0 Å². The first-order valence-electron chi connectivity index (χ1n) is 5.02. The Morgan fingerprint density at radius 2 is 2.18 bits per heavy atom. The van der Waals surface area contributed by atoms with Crippen LogP contribution in [0.15, 0.2) is 41.2 Å². The van der Waals surface area contributed by atoms with Gasteiger partial charge in [-0.3, -0.25) is 0 Å². The van der Waals surface area contributed by atoms with Gasteiger partial charge in [-0.15, -0.1) is 0 Å². The standard InChI is InChI=1S/C11H9N5O/c12-9-4-3-7(6-14-9)11-15-10(16-17-11)8-2-1-5-13-8/h1-6,13H,(H2,12,14). The molecule has 3 aromatic rings. The smallest absolute Gasteiger partial charge is 0.259 e. The zero-order valence-corrected chi connectivity index (χ0v) is 8.79. The molecule has 0 bridgehead atoms. The molecule has 0 saturated heterocycles. The fourth-order valence-electron chi connectivity index (χ4n) is 1.45. The summed E-state index contributed by atoms with van der Waals surface area (Å²) in [5.41, 5.74) is 7.05. The molecule has 3 rings (SSSR count). The van der Waals surface area contributed by atoms with E-state index in [4.69, 9.17) is 10.3 Å². The Balaban J connectivity index is 1.98. The van der Waals surface area contributed by atoms with Crippen molar-refractivity contribution in [1.29, 1.82) is 0 Å². The molecule has 0 amide bonds. The molecule has 3 aromatic heterocycles. The molecule has 0 fully saturated rings. The van der Waals surface area contributed by atoms with Gasteiger partial charge in [0.1, 0.15) is 5.82 Å². The molecule has 0 aliphatic heterocycles. The quantitative estimate of drug-likeness (QED) is 0.695. The second kappa shape index (κ2) is 3.75. The fourth-order valence-corrected chi connectivity index (χ4v) is 1.45. The van der Waals surface area contributed by atoms with E-state index in [1.807, 2.05) is 12.1 Å². The third kappa shape index (κ3) is 1.76. The Morgan fingerprint density at radius 3 is 2.88 bits per heavy atom. The first kappa shape index (κ1) is 9.59. The van der Waals surface area contributed by atoms with Crippen LogP contribution in [0.5, 0.6) is 0 Å². The van der Waals surface area contributed by atoms with Gasteiger partial charge in [0.15, 0.2) is 0 Å². The highest BCUT2D eigenvalue weighted by Crippen LogP contribution is 2.20. The topological polar surface area (TPSA) is 93.6 Å². The lowest BCUT2D eigenvalue weighted by molar-refractivity contribution is 0.432. The maximum absolute atomic E-state index is 5.50. The molecular formula is C11H9N5O. The van der Waals surface area contributed by atoms with E-state index in [0.29, 0.717) is 17.5 Å². The Bertz CT molecular complexity index is 612. The van der Waals surface area contributed by atoms with Crippen LogP contribution in [0.2, 0.25) is 0 Å². The molecule has 0 radical (unpaired) electrons. The van der Waals surface area contributed by atoms with Gasteiger partial charge in [0.05, 0.1) is 11.3 Å². The molecule has 3 N–H and O–H groups in total. The summed E-state index contributed by atoms with van der Waals surface area (Å²) < 4.78 is 5.15. The summed E-state index contributed by atoms with van der Waals surface area (Å²) in [6.07, 6.45) is 3.40. The van der Waals surface area contributed by atoms with Crippen molar-refractivity contribution in [3.8, 4) is 23.0 Å². The van der Waals surface area contributed by atoms with Gasteiger partial charge < -0.3 is 15.2 Å². The third-order valence-corrected chi connectivity index (χ3v) is 2.30. The highest BCUT2D eigenvalue weighted by atomic mass is 16.5. The van der Waals surface area contributed by atoms with Crippen LogP contribution in [0, 0.1) is 0 Å². The molecule has 0 saturated carbocycles. The van der Waals surface area contributed by atoms with E-state index in [-0.39, 0.29) is 0 Å². The number of aromatic nitrogens is 4. The predicted molar refractivity (Wildman–Crippen MR) is 61.7 cm³/mol. The highest BCUT2D eigenvalue weighted by Gasteiger charge is 2.10. The molecule has 0 aromatic carbocycles. The maximum Gasteiger partial charge on any atom is 0.259 e. The number of hydrogen-bond donors (Lipinski definition) is 2. The van der Waals surface area contributed by atoms with Crippen molar-refractivity contribution < 1.29 is 4.52 Å². The molecule has 0 aliphatic carbocycles. The van der Waals surface area contributed by atoms with E-state index in [1.165, 1.54) is 0 Å². The van der Waals surface area contributed by atoms with E-state index in [9.17, 15) is 0 Å². The normalized spacial score (nSPS) is 10.6. The molecule has 0 spiro atoms. The van der Waals surface area contributed by atoms with E-state index < -0.39 is 0 Å². The molecule has 0 aliphatic rings. The van der Waals surface area contributed by atoms with Crippen molar-refractivity contribution in [2.45, 2.75) is 0 Å². The molecule has 6 nitrogen and oxygen atoms in total. The van der Waals surface area contributed by atoms with Crippen LogP contribution < -0.4 is 5.73 Å². The fraction of sp³-hybridized carbons (Fsp3) is 0. The lowest BCUT2D eigenvalue weighted by Crippen LogP contribution is -1.89. The Labute approximate surface area is 96.5 Å². The van der Waals surface area contributed by atoms with Gasteiger partial charge in [-0.1, -0.05) is 5.16 Å². The number of nitrogens with two attached hydrogens (primary N) is 1. The van der Waals surface area contributed by atoms with E-state index in [1.54, 1.807) is 24.5 Å². The SMILES string of the molecule is Nc1ccc(-c2nc(-c3ccc[nH]3)no2)cn1. The van der Waals surface area contributed by atoms with Crippen LogP contribution in [-0.4, -0.2) is 20.1 Å². The first-order valence-corrected chi connectivity index (χ1v) is 5.02. The number of anilines is 1. The summed E-state index contributed by atoms with van der Waals surface area (Å²) >= 11 is 0. The molecule has 6 heteroatoms. The van der Waals surface area contributed by atoms with Gasteiger partial charge in [-0.25, -0.2) is 4.98 Å². The number of rotatable bonds is 2. The largest absolute Gasteiger partial charge is 0.384 e. The summed E-state index contributed by atoms with van der Waals surface area (Å²) in [4.78, 5) is 11.2. The minimum Gasteiger partial charge on any atom is -0.384 e. The monoisotopic (exact) mass is 227 g/mol.